The van der Waals surface area contributed by atoms with Crippen LogP contribution in [0.4, 0.5) is 0 Å². The Hall–Kier alpha value is -2.21. The van der Waals surface area contributed by atoms with Crippen LogP contribution in [0.2, 0.25) is 0 Å². The zero-order valence-corrected chi connectivity index (χ0v) is 16.0. The monoisotopic (exact) mass is 382 g/mol. The van der Waals surface area contributed by atoms with Crippen LogP contribution >= 0.6 is 0 Å². The number of amides is 3. The van der Waals surface area contributed by atoms with Crippen molar-refractivity contribution in [3.8, 4) is 0 Å². The highest BCUT2D eigenvalue weighted by atomic mass is 16.5. The van der Waals surface area contributed by atoms with Crippen LogP contribution in [0.5, 0.6) is 0 Å². The van der Waals surface area contributed by atoms with Crippen LogP contribution in [0.1, 0.15) is 24.8 Å². The first-order valence-corrected chi connectivity index (χ1v) is 10.4. The summed E-state index contributed by atoms with van der Waals surface area (Å²) < 4.78 is 5.37. The smallest absolute Gasteiger partial charge is 0.246 e. The first kappa shape index (κ1) is 17.9. The van der Waals surface area contributed by atoms with Crippen molar-refractivity contribution in [1.82, 2.24) is 9.80 Å². The van der Waals surface area contributed by atoms with Gasteiger partial charge in [-0.1, -0.05) is 30.3 Å². The van der Waals surface area contributed by atoms with Crippen molar-refractivity contribution in [3.63, 3.8) is 0 Å². The van der Waals surface area contributed by atoms with Gasteiger partial charge < -0.3 is 9.64 Å². The summed E-state index contributed by atoms with van der Waals surface area (Å²) in [6, 6.07) is 8.94. The molecule has 4 aliphatic rings. The van der Waals surface area contributed by atoms with Gasteiger partial charge in [0.15, 0.2) is 0 Å². The lowest BCUT2D eigenvalue weighted by Crippen LogP contribution is -2.55. The van der Waals surface area contributed by atoms with Gasteiger partial charge in [-0.05, 0) is 36.7 Å². The van der Waals surface area contributed by atoms with Crippen molar-refractivity contribution in [3.05, 3.63) is 35.9 Å². The second-order valence-corrected chi connectivity index (χ2v) is 8.57. The number of ether oxygens (including phenoxy) is 1. The first-order valence-electron chi connectivity index (χ1n) is 10.4. The minimum atomic E-state index is -0.745. The quantitative estimate of drug-likeness (QED) is 0.740. The second-order valence-electron chi connectivity index (χ2n) is 8.57. The predicted molar refractivity (Wildman–Crippen MR) is 101 cm³/mol. The summed E-state index contributed by atoms with van der Waals surface area (Å²) in [5.74, 6) is -0.0701. The second kappa shape index (κ2) is 6.99. The summed E-state index contributed by atoms with van der Waals surface area (Å²) in [6.45, 7) is 2.03. The Balaban J connectivity index is 1.46. The normalized spacial score (nSPS) is 32.7. The third-order valence-electron chi connectivity index (χ3n) is 7.15. The SMILES string of the molecule is O=C([C@@H](Cc1ccccc1)N1C(=O)[C@@H]2[C@@H]3CC[C@@H](C3)[C@@H]2C1=O)N1CCOCC1. The third kappa shape index (κ3) is 2.77. The van der Waals surface area contributed by atoms with Crippen molar-refractivity contribution in [2.24, 2.45) is 23.7 Å². The molecule has 2 aliphatic heterocycles. The predicted octanol–water partition coefficient (Wildman–Crippen LogP) is 1.49. The van der Waals surface area contributed by atoms with E-state index in [1.807, 2.05) is 30.3 Å². The lowest BCUT2D eigenvalue weighted by Gasteiger charge is -2.34. The van der Waals surface area contributed by atoms with Gasteiger partial charge in [0.25, 0.3) is 0 Å². The molecule has 0 spiro atoms. The molecule has 2 saturated heterocycles. The van der Waals surface area contributed by atoms with Crippen LogP contribution < -0.4 is 0 Å². The molecule has 2 saturated carbocycles. The van der Waals surface area contributed by atoms with Crippen molar-refractivity contribution in [2.45, 2.75) is 31.7 Å². The summed E-state index contributed by atoms with van der Waals surface area (Å²) in [7, 11) is 0. The Kier molecular flexibility index (Phi) is 4.46. The van der Waals surface area contributed by atoms with Crippen LogP contribution in [-0.4, -0.2) is 59.9 Å². The molecule has 3 amide bonds. The molecule has 2 heterocycles. The fraction of sp³-hybridized carbons (Fsp3) is 0.591. The summed E-state index contributed by atoms with van der Waals surface area (Å²) in [4.78, 5) is 43.1. The van der Waals surface area contributed by atoms with E-state index in [9.17, 15) is 14.4 Å². The molecule has 0 aromatic heterocycles. The van der Waals surface area contributed by atoms with Gasteiger partial charge in [0.2, 0.25) is 17.7 Å². The molecule has 2 aliphatic carbocycles. The molecule has 28 heavy (non-hydrogen) atoms. The maximum atomic E-state index is 13.4. The lowest BCUT2D eigenvalue weighted by molar-refractivity contribution is -0.154. The number of likely N-dealkylation sites (tertiary alicyclic amines) is 1. The molecule has 0 unspecified atom stereocenters. The highest BCUT2D eigenvalue weighted by Crippen LogP contribution is 2.56. The average molecular weight is 382 g/mol. The van der Waals surface area contributed by atoms with Crippen LogP contribution in [0, 0.1) is 23.7 Å². The molecule has 2 bridgehead atoms. The maximum Gasteiger partial charge on any atom is 0.246 e. The number of carbonyl (C=O) groups excluding carboxylic acids is 3. The number of carbonyl (C=O) groups is 3. The highest BCUT2D eigenvalue weighted by Gasteiger charge is 2.62. The molecule has 1 aromatic rings. The highest BCUT2D eigenvalue weighted by molar-refractivity contribution is 6.09. The van der Waals surface area contributed by atoms with E-state index in [0.717, 1.165) is 24.8 Å². The van der Waals surface area contributed by atoms with Crippen LogP contribution in [-0.2, 0) is 25.5 Å². The molecule has 5 rings (SSSR count). The standard InChI is InChI=1S/C22H26N2O4/c25-20(23-8-10-28-11-9-23)17(12-14-4-2-1-3-5-14)24-21(26)18-15-6-7-16(13-15)19(18)22(24)27/h1-5,15-19H,6-13H2/t15-,16+,17-,18-,19+/m1/s1. The largest absolute Gasteiger partial charge is 0.378 e. The summed E-state index contributed by atoms with van der Waals surface area (Å²) in [6.07, 6.45) is 3.46. The van der Waals surface area contributed by atoms with Gasteiger partial charge in [0.05, 0.1) is 25.0 Å². The topological polar surface area (TPSA) is 66.9 Å². The maximum absolute atomic E-state index is 13.4. The Labute approximate surface area is 164 Å². The summed E-state index contributed by atoms with van der Waals surface area (Å²) >= 11 is 0. The van der Waals surface area contributed by atoms with Gasteiger partial charge in [-0.3, -0.25) is 19.3 Å². The van der Waals surface area contributed by atoms with Gasteiger partial charge in [-0.2, -0.15) is 0 Å². The molecule has 1 aromatic carbocycles. The number of rotatable bonds is 4. The number of fused-ring (bicyclic) bond motifs is 5. The molecule has 5 atom stereocenters. The van der Waals surface area contributed by atoms with E-state index in [4.69, 9.17) is 4.74 Å². The van der Waals surface area contributed by atoms with E-state index >= 15 is 0 Å². The van der Waals surface area contributed by atoms with Crippen LogP contribution in [0.15, 0.2) is 30.3 Å². The number of benzene rings is 1. The zero-order chi connectivity index (χ0) is 19.3. The van der Waals surface area contributed by atoms with Gasteiger partial charge in [0, 0.05) is 19.5 Å². The lowest BCUT2D eigenvalue weighted by atomic mass is 9.81. The molecular weight excluding hydrogens is 356 g/mol. The van der Waals surface area contributed by atoms with E-state index in [-0.39, 0.29) is 29.6 Å². The van der Waals surface area contributed by atoms with Gasteiger partial charge in [-0.25, -0.2) is 0 Å². The molecule has 4 fully saturated rings. The number of hydrogen-bond donors (Lipinski definition) is 0. The Bertz CT molecular complexity index is 761. The van der Waals surface area contributed by atoms with Gasteiger partial charge in [0.1, 0.15) is 6.04 Å². The average Bonchev–Trinajstić information content (AvgIpc) is 3.41. The number of hydrogen-bond acceptors (Lipinski definition) is 4. The van der Waals surface area contributed by atoms with Crippen molar-refractivity contribution < 1.29 is 19.1 Å². The third-order valence-corrected chi connectivity index (χ3v) is 7.15. The van der Waals surface area contributed by atoms with Crippen molar-refractivity contribution >= 4 is 17.7 Å². The van der Waals surface area contributed by atoms with Crippen LogP contribution in [0.25, 0.3) is 0 Å². The Morgan fingerprint density at radius 3 is 2.21 bits per heavy atom. The minimum Gasteiger partial charge on any atom is -0.378 e. The Morgan fingerprint density at radius 2 is 1.61 bits per heavy atom. The van der Waals surface area contributed by atoms with Crippen molar-refractivity contribution in [1.29, 1.82) is 0 Å². The zero-order valence-electron chi connectivity index (χ0n) is 16.0. The number of morpholine rings is 1. The van der Waals surface area contributed by atoms with Crippen molar-refractivity contribution in [2.75, 3.05) is 26.3 Å². The fourth-order valence-corrected chi connectivity index (χ4v) is 5.86. The fourth-order valence-electron chi connectivity index (χ4n) is 5.86. The molecular formula is C22H26N2O4. The minimum absolute atomic E-state index is 0.107. The molecule has 0 radical (unpaired) electrons. The van der Waals surface area contributed by atoms with E-state index in [1.54, 1.807) is 4.90 Å². The molecule has 148 valence electrons. The van der Waals surface area contributed by atoms with Gasteiger partial charge >= 0.3 is 0 Å². The van der Waals surface area contributed by atoms with Gasteiger partial charge in [-0.15, -0.1) is 0 Å². The van der Waals surface area contributed by atoms with E-state index < -0.39 is 6.04 Å². The Morgan fingerprint density at radius 1 is 1.00 bits per heavy atom. The van der Waals surface area contributed by atoms with E-state index in [2.05, 4.69) is 0 Å². The molecule has 0 N–H and O–H groups in total. The number of imide groups is 1. The summed E-state index contributed by atoms with van der Waals surface area (Å²) in [5.41, 5.74) is 0.967. The molecule has 6 nitrogen and oxygen atoms in total. The molecule has 6 heteroatoms. The summed E-state index contributed by atoms with van der Waals surface area (Å²) in [5, 5.41) is 0. The van der Waals surface area contributed by atoms with Crippen LogP contribution in [0.3, 0.4) is 0 Å². The van der Waals surface area contributed by atoms with E-state index in [0.29, 0.717) is 44.6 Å². The van der Waals surface area contributed by atoms with E-state index in [1.165, 1.54) is 4.90 Å². The number of nitrogens with zero attached hydrogens (tertiary/aromatic N) is 2. The first-order chi connectivity index (χ1) is 13.6.